The SMILES string of the molecule is C=CC(=O)O.C=CC(=O)OC(CC)CCCCC.C=CC(=O)OCCCC. The molecule has 156 valence electrons. The highest BCUT2D eigenvalue weighted by Crippen LogP contribution is 2.10. The molecule has 1 N–H and O–H groups in total. The standard InChI is InChI=1S/C11H20O2.C7H12O2.C3H4O2/c1-4-7-8-9-10(5-2)13-11(12)6-3;1-3-5-6-9-7(8)4-2;1-2-3(4)5/h6,10H,3-5,7-9H2,1-2H3;4H,2-3,5-6H2,1H3;2H,1H2,(H,4,5). The summed E-state index contributed by atoms with van der Waals surface area (Å²) in [4.78, 5) is 30.5. The molecule has 0 saturated heterocycles. The minimum absolute atomic E-state index is 0.0806. The summed E-state index contributed by atoms with van der Waals surface area (Å²) in [5.74, 6) is -1.61. The Kier molecular flexibility index (Phi) is 25.7. The number of esters is 2. The summed E-state index contributed by atoms with van der Waals surface area (Å²) >= 11 is 0. The van der Waals surface area contributed by atoms with Crippen LogP contribution in [0, 0.1) is 0 Å². The van der Waals surface area contributed by atoms with Crippen LogP contribution >= 0.6 is 0 Å². The third-order valence-corrected chi connectivity index (χ3v) is 3.12. The van der Waals surface area contributed by atoms with Crippen molar-refractivity contribution in [2.75, 3.05) is 6.61 Å². The van der Waals surface area contributed by atoms with Gasteiger partial charge in [-0.1, -0.05) is 59.8 Å². The number of carbonyl (C=O) groups is 3. The van der Waals surface area contributed by atoms with Crippen LogP contribution in [0.15, 0.2) is 38.0 Å². The van der Waals surface area contributed by atoms with Crippen molar-refractivity contribution >= 4 is 17.9 Å². The fourth-order valence-electron chi connectivity index (χ4n) is 1.56. The first kappa shape index (κ1) is 29.4. The van der Waals surface area contributed by atoms with Gasteiger partial charge in [-0.3, -0.25) is 0 Å². The van der Waals surface area contributed by atoms with Gasteiger partial charge in [-0.2, -0.15) is 0 Å². The fourth-order valence-corrected chi connectivity index (χ4v) is 1.56. The van der Waals surface area contributed by atoms with Crippen molar-refractivity contribution in [1.82, 2.24) is 0 Å². The van der Waals surface area contributed by atoms with Crippen LogP contribution < -0.4 is 0 Å². The van der Waals surface area contributed by atoms with E-state index in [0.717, 1.165) is 38.2 Å². The molecule has 0 saturated carbocycles. The van der Waals surface area contributed by atoms with Crippen LogP contribution in [0.2, 0.25) is 0 Å². The van der Waals surface area contributed by atoms with E-state index in [1.807, 2.05) is 13.8 Å². The van der Waals surface area contributed by atoms with Crippen molar-refractivity contribution in [3.63, 3.8) is 0 Å². The molecule has 0 aliphatic carbocycles. The molecule has 0 heterocycles. The summed E-state index contributed by atoms with van der Waals surface area (Å²) in [7, 11) is 0. The second-order valence-corrected chi connectivity index (χ2v) is 5.43. The number of carboxylic acids is 1. The molecule has 0 spiro atoms. The summed E-state index contributed by atoms with van der Waals surface area (Å²) in [6.45, 7) is 16.4. The van der Waals surface area contributed by atoms with E-state index in [0.29, 0.717) is 6.61 Å². The van der Waals surface area contributed by atoms with Crippen molar-refractivity contribution in [2.24, 2.45) is 0 Å². The molecule has 27 heavy (non-hydrogen) atoms. The maximum atomic E-state index is 10.9. The molecular formula is C21H36O6. The number of unbranched alkanes of at least 4 members (excludes halogenated alkanes) is 3. The van der Waals surface area contributed by atoms with E-state index in [1.165, 1.54) is 25.0 Å². The number of aliphatic carboxylic acids is 1. The molecule has 0 amide bonds. The van der Waals surface area contributed by atoms with Gasteiger partial charge in [0.2, 0.25) is 0 Å². The highest BCUT2D eigenvalue weighted by atomic mass is 16.5. The summed E-state index contributed by atoms with van der Waals surface area (Å²) in [5, 5.41) is 7.60. The Balaban J connectivity index is -0.000000356. The number of rotatable bonds is 12. The lowest BCUT2D eigenvalue weighted by molar-refractivity contribution is -0.143. The Morgan fingerprint density at radius 2 is 1.41 bits per heavy atom. The van der Waals surface area contributed by atoms with Crippen molar-refractivity contribution in [3.05, 3.63) is 38.0 Å². The number of carboxylic acid groups (broad SMARTS) is 1. The first-order chi connectivity index (χ1) is 12.8. The van der Waals surface area contributed by atoms with Gasteiger partial charge in [0.25, 0.3) is 0 Å². The fraction of sp³-hybridized carbons (Fsp3) is 0.571. The molecule has 0 radical (unpaired) electrons. The first-order valence-corrected chi connectivity index (χ1v) is 9.30. The predicted octanol–water partition coefficient (Wildman–Crippen LogP) is 4.85. The van der Waals surface area contributed by atoms with Gasteiger partial charge in [0.15, 0.2) is 0 Å². The Bertz CT molecular complexity index is 428. The highest BCUT2D eigenvalue weighted by Gasteiger charge is 2.09. The molecule has 0 aromatic heterocycles. The molecule has 0 aromatic rings. The van der Waals surface area contributed by atoms with Crippen LogP contribution in [-0.2, 0) is 23.9 Å². The third-order valence-electron chi connectivity index (χ3n) is 3.12. The molecule has 0 aliphatic heterocycles. The normalized spacial score (nSPS) is 9.89. The van der Waals surface area contributed by atoms with Gasteiger partial charge >= 0.3 is 17.9 Å². The van der Waals surface area contributed by atoms with E-state index in [9.17, 15) is 14.4 Å². The number of carbonyl (C=O) groups excluding carboxylic acids is 2. The van der Waals surface area contributed by atoms with Crippen LogP contribution in [0.4, 0.5) is 0 Å². The minimum atomic E-state index is -0.981. The number of hydrogen-bond donors (Lipinski definition) is 1. The third kappa shape index (κ3) is 28.7. The zero-order valence-electron chi connectivity index (χ0n) is 17.1. The maximum absolute atomic E-state index is 10.9. The lowest BCUT2D eigenvalue weighted by atomic mass is 10.1. The number of hydrogen-bond acceptors (Lipinski definition) is 5. The average Bonchev–Trinajstić information content (AvgIpc) is 2.68. The molecule has 0 fully saturated rings. The molecule has 6 heteroatoms. The van der Waals surface area contributed by atoms with E-state index in [2.05, 4.69) is 31.4 Å². The van der Waals surface area contributed by atoms with Gasteiger partial charge in [-0.05, 0) is 25.7 Å². The van der Waals surface area contributed by atoms with Crippen molar-refractivity contribution < 1.29 is 29.0 Å². The van der Waals surface area contributed by atoms with Crippen molar-refractivity contribution in [2.45, 2.75) is 71.8 Å². The Morgan fingerprint density at radius 3 is 1.78 bits per heavy atom. The number of ether oxygens (including phenoxy) is 2. The van der Waals surface area contributed by atoms with E-state index in [-0.39, 0.29) is 18.0 Å². The van der Waals surface area contributed by atoms with Gasteiger partial charge < -0.3 is 14.6 Å². The molecule has 0 rings (SSSR count). The maximum Gasteiger partial charge on any atom is 0.330 e. The zero-order valence-corrected chi connectivity index (χ0v) is 17.1. The van der Waals surface area contributed by atoms with E-state index >= 15 is 0 Å². The highest BCUT2D eigenvalue weighted by molar-refractivity contribution is 5.81. The van der Waals surface area contributed by atoms with Crippen LogP contribution in [0.1, 0.15) is 65.7 Å². The second-order valence-electron chi connectivity index (χ2n) is 5.43. The van der Waals surface area contributed by atoms with Crippen molar-refractivity contribution in [3.8, 4) is 0 Å². The van der Waals surface area contributed by atoms with Crippen LogP contribution in [0.3, 0.4) is 0 Å². The summed E-state index contributed by atoms with van der Waals surface area (Å²) in [6, 6.07) is 0. The molecule has 1 unspecified atom stereocenters. The van der Waals surface area contributed by atoms with Gasteiger partial charge in [-0.15, -0.1) is 0 Å². The lowest BCUT2D eigenvalue weighted by Crippen LogP contribution is -2.15. The molecule has 0 bridgehead atoms. The molecular weight excluding hydrogens is 348 g/mol. The van der Waals surface area contributed by atoms with E-state index in [1.54, 1.807) is 0 Å². The van der Waals surface area contributed by atoms with E-state index < -0.39 is 5.97 Å². The summed E-state index contributed by atoms with van der Waals surface area (Å²) in [5.41, 5.74) is 0. The Labute approximate surface area is 163 Å². The Morgan fingerprint density at radius 1 is 0.889 bits per heavy atom. The second kappa shape index (κ2) is 23.6. The molecule has 1 atom stereocenters. The van der Waals surface area contributed by atoms with Gasteiger partial charge in [0.05, 0.1) is 6.61 Å². The summed E-state index contributed by atoms with van der Waals surface area (Å²) < 4.78 is 9.81. The molecule has 0 aliphatic rings. The average molecular weight is 385 g/mol. The lowest BCUT2D eigenvalue weighted by Gasteiger charge is -2.14. The van der Waals surface area contributed by atoms with Gasteiger partial charge in [0, 0.05) is 18.2 Å². The smallest absolute Gasteiger partial charge is 0.330 e. The monoisotopic (exact) mass is 384 g/mol. The van der Waals surface area contributed by atoms with Crippen LogP contribution in [-0.4, -0.2) is 35.7 Å². The quantitative estimate of drug-likeness (QED) is 0.294. The molecule has 6 nitrogen and oxygen atoms in total. The summed E-state index contributed by atoms with van der Waals surface area (Å²) in [6.07, 6.45) is 10.7. The predicted molar refractivity (Wildman–Crippen MR) is 108 cm³/mol. The zero-order chi connectivity index (χ0) is 21.5. The first-order valence-electron chi connectivity index (χ1n) is 9.30. The van der Waals surface area contributed by atoms with E-state index in [4.69, 9.17) is 9.84 Å². The van der Waals surface area contributed by atoms with Crippen LogP contribution in [0.25, 0.3) is 0 Å². The molecule has 0 aromatic carbocycles. The van der Waals surface area contributed by atoms with Gasteiger partial charge in [0.1, 0.15) is 6.10 Å². The minimum Gasteiger partial charge on any atom is -0.478 e. The van der Waals surface area contributed by atoms with Crippen LogP contribution in [0.5, 0.6) is 0 Å². The Hall–Kier alpha value is -2.37. The van der Waals surface area contributed by atoms with Crippen molar-refractivity contribution in [1.29, 1.82) is 0 Å². The van der Waals surface area contributed by atoms with Gasteiger partial charge in [-0.25, -0.2) is 14.4 Å². The largest absolute Gasteiger partial charge is 0.478 e. The topological polar surface area (TPSA) is 89.9 Å².